The molecule has 6 heteroatoms. The molecule has 0 saturated heterocycles. The number of hydrogen-bond acceptors (Lipinski definition) is 3. The van der Waals surface area contributed by atoms with Crippen molar-refractivity contribution in [1.82, 2.24) is 0 Å². The van der Waals surface area contributed by atoms with Crippen molar-refractivity contribution >= 4 is 39.2 Å². The first-order chi connectivity index (χ1) is 10.0. The highest BCUT2D eigenvalue weighted by molar-refractivity contribution is 9.10. The highest BCUT2D eigenvalue weighted by Gasteiger charge is 2.12. The van der Waals surface area contributed by atoms with Gasteiger partial charge in [-0.25, -0.2) is 9.18 Å². The average Bonchev–Trinajstić information content (AvgIpc) is 2.49. The van der Waals surface area contributed by atoms with Crippen molar-refractivity contribution in [3.63, 3.8) is 0 Å². The summed E-state index contributed by atoms with van der Waals surface area (Å²) < 4.78 is 18.9. The van der Waals surface area contributed by atoms with Gasteiger partial charge < -0.3 is 10.1 Å². The van der Waals surface area contributed by atoms with Crippen LogP contribution >= 0.6 is 27.5 Å². The Kier molecular flexibility index (Phi) is 5.20. The minimum atomic E-state index is -0.703. The number of benzene rings is 2. The van der Waals surface area contributed by atoms with Crippen LogP contribution < -0.4 is 5.32 Å². The Morgan fingerprint density at radius 3 is 2.76 bits per heavy atom. The van der Waals surface area contributed by atoms with E-state index in [4.69, 9.17) is 11.6 Å². The second-order valence-corrected chi connectivity index (χ2v) is 5.55. The zero-order valence-electron chi connectivity index (χ0n) is 11.1. The number of rotatable bonds is 4. The van der Waals surface area contributed by atoms with Gasteiger partial charge >= 0.3 is 5.97 Å². The standard InChI is InChI=1S/C15H12BrClFNO2/c1-21-15(20)11-7-10(3-5-14(11)18)19-8-9-2-4-13(17)12(16)6-9/h2-7,19H,8H2,1H3. The Bertz CT molecular complexity index is 679. The molecule has 0 atom stereocenters. The second kappa shape index (κ2) is 6.91. The van der Waals surface area contributed by atoms with Crippen LogP contribution in [-0.2, 0) is 11.3 Å². The monoisotopic (exact) mass is 371 g/mol. The molecule has 0 unspecified atom stereocenters. The smallest absolute Gasteiger partial charge is 0.340 e. The molecule has 2 aromatic carbocycles. The lowest BCUT2D eigenvalue weighted by molar-refractivity contribution is 0.0595. The largest absolute Gasteiger partial charge is 0.465 e. The number of nitrogens with one attached hydrogen (secondary N) is 1. The van der Waals surface area contributed by atoms with Gasteiger partial charge in [0, 0.05) is 16.7 Å². The zero-order valence-corrected chi connectivity index (χ0v) is 13.5. The molecule has 110 valence electrons. The molecule has 2 aromatic rings. The summed E-state index contributed by atoms with van der Waals surface area (Å²) in [6.07, 6.45) is 0. The van der Waals surface area contributed by atoms with Crippen LogP contribution in [0.15, 0.2) is 40.9 Å². The normalized spacial score (nSPS) is 10.3. The maximum Gasteiger partial charge on any atom is 0.340 e. The van der Waals surface area contributed by atoms with Crippen LogP contribution in [0.5, 0.6) is 0 Å². The molecule has 2 rings (SSSR count). The molecule has 0 aliphatic carbocycles. The summed E-state index contributed by atoms with van der Waals surface area (Å²) in [6, 6.07) is 9.77. The van der Waals surface area contributed by atoms with Gasteiger partial charge in [-0.3, -0.25) is 0 Å². The van der Waals surface area contributed by atoms with Crippen molar-refractivity contribution in [2.75, 3.05) is 12.4 Å². The maximum absolute atomic E-state index is 13.5. The third kappa shape index (κ3) is 3.95. The van der Waals surface area contributed by atoms with Gasteiger partial charge in [0.25, 0.3) is 0 Å². The van der Waals surface area contributed by atoms with Gasteiger partial charge in [-0.1, -0.05) is 17.7 Å². The predicted molar refractivity (Wildman–Crippen MR) is 84.2 cm³/mol. The molecule has 0 aromatic heterocycles. The topological polar surface area (TPSA) is 38.3 Å². The summed E-state index contributed by atoms with van der Waals surface area (Å²) in [4.78, 5) is 11.4. The van der Waals surface area contributed by atoms with E-state index in [-0.39, 0.29) is 5.56 Å². The van der Waals surface area contributed by atoms with Crippen LogP contribution in [-0.4, -0.2) is 13.1 Å². The van der Waals surface area contributed by atoms with Crippen molar-refractivity contribution < 1.29 is 13.9 Å². The van der Waals surface area contributed by atoms with Crippen LogP contribution in [0.4, 0.5) is 10.1 Å². The Morgan fingerprint density at radius 1 is 1.33 bits per heavy atom. The minimum absolute atomic E-state index is 0.0974. The number of ether oxygens (including phenoxy) is 1. The van der Waals surface area contributed by atoms with Crippen LogP contribution in [0.25, 0.3) is 0 Å². The van der Waals surface area contributed by atoms with E-state index in [0.717, 1.165) is 10.0 Å². The van der Waals surface area contributed by atoms with Crippen molar-refractivity contribution in [3.8, 4) is 0 Å². The fourth-order valence-corrected chi connectivity index (χ4v) is 2.30. The quantitative estimate of drug-likeness (QED) is 0.795. The Hall–Kier alpha value is -1.59. The van der Waals surface area contributed by atoms with Crippen molar-refractivity contribution in [2.24, 2.45) is 0 Å². The first-order valence-corrected chi connectivity index (χ1v) is 7.24. The Balaban J connectivity index is 2.13. The predicted octanol–water partition coefficient (Wildman–Crippen LogP) is 4.64. The number of carbonyl (C=O) groups excluding carboxylic acids is 1. The number of hydrogen-bond donors (Lipinski definition) is 1. The van der Waals surface area contributed by atoms with Crippen molar-refractivity contribution in [1.29, 1.82) is 0 Å². The van der Waals surface area contributed by atoms with E-state index >= 15 is 0 Å². The summed E-state index contributed by atoms with van der Waals surface area (Å²) >= 11 is 9.28. The summed E-state index contributed by atoms with van der Waals surface area (Å²) in [6.45, 7) is 0.516. The molecule has 0 radical (unpaired) electrons. The zero-order chi connectivity index (χ0) is 15.4. The maximum atomic E-state index is 13.5. The Labute approximate surface area is 135 Å². The van der Waals surface area contributed by atoms with Crippen LogP contribution in [0.2, 0.25) is 5.02 Å². The molecule has 0 aliphatic rings. The van der Waals surface area contributed by atoms with E-state index in [1.807, 2.05) is 12.1 Å². The Morgan fingerprint density at radius 2 is 2.10 bits per heavy atom. The SMILES string of the molecule is COC(=O)c1cc(NCc2ccc(Cl)c(Br)c2)ccc1F. The summed E-state index contributed by atoms with van der Waals surface area (Å²) in [5.41, 5.74) is 1.53. The van der Waals surface area contributed by atoms with Gasteiger partial charge in [-0.2, -0.15) is 0 Å². The molecule has 0 spiro atoms. The molecule has 0 saturated carbocycles. The number of halogens is 3. The second-order valence-electron chi connectivity index (χ2n) is 4.29. The lowest BCUT2D eigenvalue weighted by Gasteiger charge is -2.09. The van der Waals surface area contributed by atoms with Crippen molar-refractivity contribution in [3.05, 3.63) is 62.8 Å². The molecule has 0 aliphatic heterocycles. The number of anilines is 1. The molecule has 0 amide bonds. The van der Waals surface area contributed by atoms with E-state index in [1.165, 1.54) is 19.2 Å². The third-order valence-electron chi connectivity index (χ3n) is 2.85. The fourth-order valence-electron chi connectivity index (χ4n) is 1.76. The molecule has 1 N–H and O–H groups in total. The molecular weight excluding hydrogens is 361 g/mol. The van der Waals surface area contributed by atoms with Gasteiger partial charge in [0.2, 0.25) is 0 Å². The van der Waals surface area contributed by atoms with Crippen molar-refractivity contribution in [2.45, 2.75) is 6.54 Å². The lowest BCUT2D eigenvalue weighted by atomic mass is 10.1. The number of esters is 1. The van der Waals surface area contributed by atoms with Crippen LogP contribution in [0.3, 0.4) is 0 Å². The first kappa shape index (κ1) is 15.8. The molecule has 0 fully saturated rings. The van der Waals surface area contributed by atoms with E-state index in [1.54, 1.807) is 12.1 Å². The van der Waals surface area contributed by atoms with Gasteiger partial charge in [-0.05, 0) is 51.8 Å². The number of methoxy groups -OCH3 is 1. The van der Waals surface area contributed by atoms with Crippen LogP contribution in [0.1, 0.15) is 15.9 Å². The average molecular weight is 373 g/mol. The van der Waals surface area contributed by atoms with Gasteiger partial charge in [0.15, 0.2) is 0 Å². The molecule has 21 heavy (non-hydrogen) atoms. The van der Waals surface area contributed by atoms with E-state index in [9.17, 15) is 9.18 Å². The fraction of sp³-hybridized carbons (Fsp3) is 0.133. The lowest BCUT2D eigenvalue weighted by Crippen LogP contribution is -2.06. The number of carbonyl (C=O) groups is 1. The van der Waals surface area contributed by atoms with Gasteiger partial charge in [0.1, 0.15) is 5.82 Å². The summed E-state index contributed by atoms with van der Waals surface area (Å²) in [7, 11) is 1.22. The highest BCUT2D eigenvalue weighted by atomic mass is 79.9. The van der Waals surface area contributed by atoms with E-state index < -0.39 is 11.8 Å². The first-order valence-electron chi connectivity index (χ1n) is 6.07. The van der Waals surface area contributed by atoms with E-state index in [0.29, 0.717) is 17.3 Å². The molecule has 0 bridgehead atoms. The van der Waals surface area contributed by atoms with Gasteiger partial charge in [-0.15, -0.1) is 0 Å². The third-order valence-corrected chi connectivity index (χ3v) is 4.07. The summed E-state index contributed by atoms with van der Waals surface area (Å²) in [5, 5.41) is 3.75. The summed E-state index contributed by atoms with van der Waals surface area (Å²) in [5.74, 6) is -1.31. The highest BCUT2D eigenvalue weighted by Crippen LogP contribution is 2.24. The van der Waals surface area contributed by atoms with E-state index in [2.05, 4.69) is 26.0 Å². The van der Waals surface area contributed by atoms with Crippen LogP contribution in [0, 0.1) is 5.82 Å². The minimum Gasteiger partial charge on any atom is -0.465 e. The molecular formula is C15H12BrClFNO2. The molecule has 3 nitrogen and oxygen atoms in total. The van der Waals surface area contributed by atoms with Gasteiger partial charge in [0.05, 0.1) is 17.7 Å². The molecule has 0 heterocycles.